The topological polar surface area (TPSA) is 29.3 Å². The number of nitrogens with two attached hydrogens (primary N) is 1. The van der Waals surface area contributed by atoms with E-state index in [2.05, 4.69) is 30.0 Å². The average molecular weight is 244 g/mol. The summed E-state index contributed by atoms with van der Waals surface area (Å²) in [6.07, 6.45) is 6.83. The van der Waals surface area contributed by atoms with E-state index in [1.165, 1.54) is 49.9 Å². The van der Waals surface area contributed by atoms with E-state index in [4.69, 9.17) is 5.73 Å². The van der Waals surface area contributed by atoms with Gasteiger partial charge in [0.05, 0.1) is 0 Å². The second-order valence-corrected chi connectivity index (χ2v) is 5.91. The molecule has 1 fully saturated rings. The van der Waals surface area contributed by atoms with Crippen LogP contribution in [0.2, 0.25) is 0 Å². The first-order valence-electron chi connectivity index (χ1n) is 7.39. The van der Waals surface area contributed by atoms with Gasteiger partial charge in [0.25, 0.3) is 0 Å². The SMILES string of the molecule is CC(CN)c1ccc2c(c1)CCN2C1CCCC1. The molecule has 0 spiro atoms. The summed E-state index contributed by atoms with van der Waals surface area (Å²) in [5.41, 5.74) is 10.2. The molecule has 0 saturated heterocycles. The Kier molecular flexibility index (Phi) is 3.29. The van der Waals surface area contributed by atoms with E-state index < -0.39 is 0 Å². The van der Waals surface area contributed by atoms with Crippen molar-refractivity contribution in [2.75, 3.05) is 18.0 Å². The van der Waals surface area contributed by atoms with Crippen molar-refractivity contribution < 1.29 is 0 Å². The molecule has 2 nitrogen and oxygen atoms in total. The molecule has 0 radical (unpaired) electrons. The van der Waals surface area contributed by atoms with E-state index in [1.807, 2.05) is 0 Å². The van der Waals surface area contributed by atoms with Crippen LogP contribution in [0.5, 0.6) is 0 Å². The van der Waals surface area contributed by atoms with Crippen LogP contribution in [-0.2, 0) is 6.42 Å². The van der Waals surface area contributed by atoms with Crippen molar-refractivity contribution in [2.45, 2.75) is 51.0 Å². The van der Waals surface area contributed by atoms with Gasteiger partial charge in [0.15, 0.2) is 0 Å². The molecule has 1 saturated carbocycles. The zero-order chi connectivity index (χ0) is 12.5. The lowest BCUT2D eigenvalue weighted by Gasteiger charge is -2.27. The Morgan fingerprint density at radius 3 is 2.83 bits per heavy atom. The van der Waals surface area contributed by atoms with E-state index in [1.54, 1.807) is 5.56 Å². The Balaban J connectivity index is 1.84. The average Bonchev–Trinajstić information content (AvgIpc) is 3.05. The summed E-state index contributed by atoms with van der Waals surface area (Å²) in [5.74, 6) is 0.482. The summed E-state index contributed by atoms with van der Waals surface area (Å²) in [6, 6.07) is 7.82. The molecule has 0 amide bonds. The summed E-state index contributed by atoms with van der Waals surface area (Å²) in [5, 5.41) is 0. The van der Waals surface area contributed by atoms with Gasteiger partial charge in [-0.2, -0.15) is 0 Å². The van der Waals surface area contributed by atoms with Crippen LogP contribution < -0.4 is 10.6 Å². The lowest BCUT2D eigenvalue weighted by Crippen LogP contribution is -2.31. The largest absolute Gasteiger partial charge is 0.368 e. The van der Waals surface area contributed by atoms with Crippen molar-refractivity contribution in [2.24, 2.45) is 5.73 Å². The van der Waals surface area contributed by atoms with Crippen molar-refractivity contribution in [3.05, 3.63) is 29.3 Å². The Bertz CT molecular complexity index is 421. The van der Waals surface area contributed by atoms with Gasteiger partial charge in [-0.15, -0.1) is 0 Å². The monoisotopic (exact) mass is 244 g/mol. The van der Waals surface area contributed by atoms with Gasteiger partial charge in [0.2, 0.25) is 0 Å². The van der Waals surface area contributed by atoms with Gasteiger partial charge < -0.3 is 10.6 Å². The lowest BCUT2D eigenvalue weighted by atomic mass is 9.98. The zero-order valence-corrected chi connectivity index (χ0v) is 11.4. The fourth-order valence-corrected chi connectivity index (χ4v) is 3.49. The predicted molar refractivity (Wildman–Crippen MR) is 77.2 cm³/mol. The summed E-state index contributed by atoms with van der Waals surface area (Å²) < 4.78 is 0. The number of benzene rings is 1. The third kappa shape index (κ3) is 2.03. The molecule has 1 aliphatic carbocycles. The Morgan fingerprint density at radius 1 is 1.33 bits per heavy atom. The minimum atomic E-state index is 0.482. The summed E-state index contributed by atoms with van der Waals surface area (Å²) in [4.78, 5) is 2.65. The quantitative estimate of drug-likeness (QED) is 0.885. The first kappa shape index (κ1) is 12.0. The van der Waals surface area contributed by atoms with Crippen molar-refractivity contribution in [1.29, 1.82) is 0 Å². The summed E-state index contributed by atoms with van der Waals surface area (Å²) in [7, 11) is 0. The van der Waals surface area contributed by atoms with E-state index in [0.717, 1.165) is 12.6 Å². The second-order valence-electron chi connectivity index (χ2n) is 5.91. The van der Waals surface area contributed by atoms with Crippen LogP contribution in [0, 0.1) is 0 Å². The summed E-state index contributed by atoms with van der Waals surface area (Å²) in [6.45, 7) is 4.18. The van der Waals surface area contributed by atoms with E-state index in [0.29, 0.717) is 5.92 Å². The van der Waals surface area contributed by atoms with E-state index in [9.17, 15) is 0 Å². The lowest BCUT2D eigenvalue weighted by molar-refractivity contribution is 0.625. The standard InChI is InChI=1S/C16H24N2/c1-12(11-17)13-6-7-16-14(10-13)8-9-18(16)15-4-2-3-5-15/h6-7,10,12,15H,2-5,8-9,11,17H2,1H3. The van der Waals surface area contributed by atoms with Crippen molar-refractivity contribution >= 4 is 5.69 Å². The van der Waals surface area contributed by atoms with Gasteiger partial charge in [0, 0.05) is 18.3 Å². The molecule has 1 aromatic rings. The highest BCUT2D eigenvalue weighted by Crippen LogP contribution is 2.36. The van der Waals surface area contributed by atoms with Gasteiger partial charge in [0.1, 0.15) is 0 Å². The Morgan fingerprint density at radius 2 is 2.11 bits per heavy atom. The molecule has 1 atom stereocenters. The number of fused-ring (bicyclic) bond motifs is 1. The molecule has 1 aromatic carbocycles. The van der Waals surface area contributed by atoms with Crippen molar-refractivity contribution in [3.8, 4) is 0 Å². The number of nitrogens with zero attached hydrogens (tertiary/aromatic N) is 1. The maximum absolute atomic E-state index is 5.77. The molecule has 3 rings (SSSR count). The third-order valence-electron chi connectivity index (χ3n) is 4.72. The molecule has 2 N–H and O–H groups in total. The molecule has 98 valence electrons. The minimum Gasteiger partial charge on any atom is -0.368 e. The van der Waals surface area contributed by atoms with Crippen molar-refractivity contribution in [1.82, 2.24) is 0 Å². The van der Waals surface area contributed by atoms with E-state index >= 15 is 0 Å². The smallest absolute Gasteiger partial charge is 0.0402 e. The molecule has 0 aromatic heterocycles. The van der Waals surface area contributed by atoms with Gasteiger partial charge in [-0.1, -0.05) is 31.9 Å². The maximum atomic E-state index is 5.77. The Labute approximate surface area is 110 Å². The second kappa shape index (κ2) is 4.93. The molecule has 18 heavy (non-hydrogen) atoms. The van der Waals surface area contributed by atoms with Gasteiger partial charge in [-0.25, -0.2) is 0 Å². The molecule has 1 heterocycles. The number of rotatable bonds is 3. The van der Waals surface area contributed by atoms with E-state index in [-0.39, 0.29) is 0 Å². The molecular weight excluding hydrogens is 220 g/mol. The summed E-state index contributed by atoms with van der Waals surface area (Å²) >= 11 is 0. The van der Waals surface area contributed by atoms with Crippen LogP contribution in [0.1, 0.15) is 49.7 Å². The van der Waals surface area contributed by atoms with Crippen LogP contribution in [0.3, 0.4) is 0 Å². The fourth-order valence-electron chi connectivity index (χ4n) is 3.49. The highest BCUT2D eigenvalue weighted by molar-refractivity contribution is 5.60. The van der Waals surface area contributed by atoms with Crippen molar-refractivity contribution in [3.63, 3.8) is 0 Å². The minimum absolute atomic E-state index is 0.482. The number of hydrogen-bond donors (Lipinski definition) is 1. The molecule has 1 aliphatic heterocycles. The van der Waals surface area contributed by atoms with Crippen LogP contribution in [0.15, 0.2) is 18.2 Å². The highest BCUT2D eigenvalue weighted by Gasteiger charge is 2.28. The van der Waals surface area contributed by atoms with Crippen LogP contribution in [0.4, 0.5) is 5.69 Å². The van der Waals surface area contributed by atoms with Gasteiger partial charge in [-0.3, -0.25) is 0 Å². The van der Waals surface area contributed by atoms with Crippen LogP contribution in [0.25, 0.3) is 0 Å². The van der Waals surface area contributed by atoms with Crippen LogP contribution in [-0.4, -0.2) is 19.1 Å². The number of anilines is 1. The third-order valence-corrected chi connectivity index (χ3v) is 4.72. The molecular formula is C16H24N2. The first-order chi connectivity index (χ1) is 8.79. The fraction of sp³-hybridized carbons (Fsp3) is 0.625. The Hall–Kier alpha value is -1.02. The zero-order valence-electron chi connectivity index (χ0n) is 11.4. The number of hydrogen-bond acceptors (Lipinski definition) is 2. The molecule has 1 unspecified atom stereocenters. The first-order valence-corrected chi connectivity index (χ1v) is 7.39. The molecule has 2 heteroatoms. The highest BCUT2D eigenvalue weighted by atomic mass is 15.2. The molecule has 2 aliphatic rings. The van der Waals surface area contributed by atoms with Gasteiger partial charge in [-0.05, 0) is 48.9 Å². The predicted octanol–water partition coefficient (Wildman–Crippen LogP) is 3.05. The molecule has 0 bridgehead atoms. The van der Waals surface area contributed by atoms with Crippen LogP contribution >= 0.6 is 0 Å². The maximum Gasteiger partial charge on any atom is 0.0402 e. The van der Waals surface area contributed by atoms with Gasteiger partial charge >= 0.3 is 0 Å². The normalized spacial score (nSPS) is 21.3.